The third-order valence-corrected chi connectivity index (χ3v) is 4.22. The Labute approximate surface area is 144 Å². The molecule has 0 aliphatic heterocycles. The highest BCUT2D eigenvalue weighted by Gasteiger charge is 2.13. The van der Waals surface area contributed by atoms with Gasteiger partial charge in [0, 0.05) is 12.6 Å². The summed E-state index contributed by atoms with van der Waals surface area (Å²) in [4.78, 5) is 0. The third-order valence-electron chi connectivity index (χ3n) is 4.22. The summed E-state index contributed by atoms with van der Waals surface area (Å²) in [6, 6.07) is 13.0. The lowest BCUT2D eigenvalue weighted by molar-refractivity contribution is 0.323. The number of methoxy groups -OCH3 is 3. The zero-order valence-corrected chi connectivity index (χ0v) is 15.2. The van der Waals surface area contributed by atoms with Crippen molar-refractivity contribution in [2.45, 2.75) is 32.9 Å². The molecule has 1 N–H and O–H groups in total. The second kappa shape index (κ2) is 8.60. The van der Waals surface area contributed by atoms with Crippen molar-refractivity contribution in [1.82, 2.24) is 5.32 Å². The van der Waals surface area contributed by atoms with Crippen LogP contribution in [-0.4, -0.2) is 21.3 Å². The number of rotatable bonds is 8. The maximum absolute atomic E-state index is 5.40. The number of hydrogen-bond donors (Lipinski definition) is 1. The van der Waals surface area contributed by atoms with Crippen molar-refractivity contribution < 1.29 is 14.2 Å². The van der Waals surface area contributed by atoms with E-state index in [2.05, 4.69) is 43.4 Å². The Morgan fingerprint density at radius 1 is 0.875 bits per heavy atom. The molecule has 0 heterocycles. The molecule has 24 heavy (non-hydrogen) atoms. The Morgan fingerprint density at radius 2 is 1.46 bits per heavy atom. The number of nitrogens with one attached hydrogen (secondary N) is 1. The Morgan fingerprint density at radius 3 is 1.92 bits per heavy atom. The quantitative estimate of drug-likeness (QED) is 0.790. The van der Waals surface area contributed by atoms with Gasteiger partial charge < -0.3 is 19.5 Å². The molecule has 2 aromatic rings. The summed E-state index contributed by atoms with van der Waals surface area (Å²) < 4.78 is 16.2. The molecule has 0 saturated carbocycles. The Balaban J connectivity index is 2.10. The highest BCUT2D eigenvalue weighted by molar-refractivity contribution is 5.53. The highest BCUT2D eigenvalue weighted by atomic mass is 16.5. The lowest BCUT2D eigenvalue weighted by atomic mass is 10.0. The fraction of sp³-hybridized carbons (Fsp3) is 0.400. The topological polar surface area (TPSA) is 39.7 Å². The van der Waals surface area contributed by atoms with Gasteiger partial charge in [0.1, 0.15) is 0 Å². The van der Waals surface area contributed by atoms with Crippen LogP contribution in [0.15, 0.2) is 36.4 Å². The summed E-state index contributed by atoms with van der Waals surface area (Å²) in [6.45, 7) is 5.05. The highest BCUT2D eigenvalue weighted by Crippen LogP contribution is 2.38. The average Bonchev–Trinajstić information content (AvgIpc) is 2.65. The molecule has 0 saturated heterocycles. The van der Waals surface area contributed by atoms with E-state index < -0.39 is 0 Å². The van der Waals surface area contributed by atoms with Gasteiger partial charge in [-0.15, -0.1) is 0 Å². The van der Waals surface area contributed by atoms with Crippen LogP contribution >= 0.6 is 0 Å². The van der Waals surface area contributed by atoms with Gasteiger partial charge in [-0.2, -0.15) is 0 Å². The summed E-state index contributed by atoms with van der Waals surface area (Å²) in [5, 5.41) is 3.54. The van der Waals surface area contributed by atoms with Crippen molar-refractivity contribution >= 4 is 0 Å². The second-order valence-corrected chi connectivity index (χ2v) is 5.73. The van der Waals surface area contributed by atoms with Crippen LogP contribution in [0.1, 0.15) is 36.6 Å². The van der Waals surface area contributed by atoms with E-state index in [1.165, 1.54) is 11.1 Å². The fourth-order valence-electron chi connectivity index (χ4n) is 2.67. The Bertz CT molecular complexity index is 627. The van der Waals surface area contributed by atoms with Gasteiger partial charge in [0.25, 0.3) is 0 Å². The summed E-state index contributed by atoms with van der Waals surface area (Å²) in [6.07, 6.45) is 1.06. The standard InChI is InChI=1S/C20H27NO3/c1-6-15-7-9-17(10-8-15)14(2)21-13-16-11-18(22-3)20(24-5)19(12-16)23-4/h7-12,14,21H,6,13H2,1-5H3/t14-/m0/s1. The third kappa shape index (κ3) is 4.20. The molecule has 0 aliphatic rings. The second-order valence-electron chi connectivity index (χ2n) is 5.73. The van der Waals surface area contributed by atoms with Gasteiger partial charge >= 0.3 is 0 Å². The lowest BCUT2D eigenvalue weighted by Crippen LogP contribution is -2.18. The van der Waals surface area contributed by atoms with Crippen LogP contribution in [0, 0.1) is 0 Å². The van der Waals surface area contributed by atoms with Crippen LogP contribution in [0.4, 0.5) is 0 Å². The predicted octanol–water partition coefficient (Wildman–Crippen LogP) is 4.13. The number of hydrogen-bond acceptors (Lipinski definition) is 4. The predicted molar refractivity (Wildman–Crippen MR) is 97.2 cm³/mol. The minimum absolute atomic E-state index is 0.259. The maximum atomic E-state index is 5.40. The normalized spacial score (nSPS) is 11.9. The van der Waals surface area contributed by atoms with E-state index in [4.69, 9.17) is 14.2 Å². The lowest BCUT2D eigenvalue weighted by Gasteiger charge is -2.17. The minimum Gasteiger partial charge on any atom is -0.493 e. The first kappa shape index (κ1) is 18.1. The molecule has 2 rings (SSSR count). The fourth-order valence-corrected chi connectivity index (χ4v) is 2.67. The first-order valence-electron chi connectivity index (χ1n) is 8.24. The van der Waals surface area contributed by atoms with E-state index in [1.807, 2.05) is 12.1 Å². The van der Waals surface area contributed by atoms with Crippen LogP contribution in [0.5, 0.6) is 17.2 Å². The molecule has 0 amide bonds. The molecule has 0 fully saturated rings. The molecule has 0 radical (unpaired) electrons. The van der Waals surface area contributed by atoms with Crippen molar-refractivity contribution in [1.29, 1.82) is 0 Å². The maximum Gasteiger partial charge on any atom is 0.203 e. The number of ether oxygens (including phenoxy) is 3. The largest absolute Gasteiger partial charge is 0.493 e. The summed E-state index contributed by atoms with van der Waals surface area (Å²) >= 11 is 0. The molecule has 0 unspecified atom stereocenters. The van der Waals surface area contributed by atoms with Gasteiger partial charge in [-0.25, -0.2) is 0 Å². The van der Waals surface area contributed by atoms with Crippen molar-refractivity contribution in [3.05, 3.63) is 53.1 Å². The van der Waals surface area contributed by atoms with Gasteiger partial charge in [-0.05, 0) is 42.2 Å². The smallest absolute Gasteiger partial charge is 0.203 e. The van der Waals surface area contributed by atoms with Gasteiger partial charge in [0.15, 0.2) is 11.5 Å². The van der Waals surface area contributed by atoms with Crippen molar-refractivity contribution in [3.63, 3.8) is 0 Å². The van der Waals surface area contributed by atoms with Crippen LogP contribution in [0.25, 0.3) is 0 Å². The van der Waals surface area contributed by atoms with E-state index in [-0.39, 0.29) is 6.04 Å². The van der Waals surface area contributed by atoms with Crippen LogP contribution in [0.3, 0.4) is 0 Å². The molecule has 1 atom stereocenters. The van der Waals surface area contributed by atoms with Crippen molar-refractivity contribution in [3.8, 4) is 17.2 Å². The molecule has 0 spiro atoms. The molecule has 0 bridgehead atoms. The van der Waals surface area contributed by atoms with E-state index in [9.17, 15) is 0 Å². The van der Waals surface area contributed by atoms with Gasteiger partial charge in [-0.3, -0.25) is 0 Å². The minimum atomic E-state index is 0.259. The SMILES string of the molecule is CCc1ccc([C@H](C)NCc2cc(OC)c(OC)c(OC)c2)cc1. The number of benzene rings is 2. The molecular weight excluding hydrogens is 302 g/mol. The molecule has 4 heteroatoms. The first-order valence-corrected chi connectivity index (χ1v) is 8.24. The van der Waals surface area contributed by atoms with E-state index >= 15 is 0 Å². The summed E-state index contributed by atoms with van der Waals surface area (Å²) in [7, 11) is 4.87. The molecule has 130 valence electrons. The molecule has 4 nitrogen and oxygen atoms in total. The molecular formula is C20H27NO3. The Hall–Kier alpha value is -2.20. The van der Waals surface area contributed by atoms with Gasteiger partial charge in [0.05, 0.1) is 21.3 Å². The average molecular weight is 329 g/mol. The zero-order chi connectivity index (χ0) is 17.5. The first-order chi connectivity index (χ1) is 11.6. The van der Waals surface area contributed by atoms with E-state index in [0.717, 1.165) is 12.0 Å². The van der Waals surface area contributed by atoms with E-state index in [0.29, 0.717) is 23.8 Å². The zero-order valence-electron chi connectivity index (χ0n) is 15.2. The molecule has 2 aromatic carbocycles. The van der Waals surface area contributed by atoms with Crippen LogP contribution < -0.4 is 19.5 Å². The summed E-state index contributed by atoms with van der Waals surface area (Å²) in [5.74, 6) is 1.97. The van der Waals surface area contributed by atoms with Gasteiger partial charge in [0.2, 0.25) is 5.75 Å². The van der Waals surface area contributed by atoms with Crippen molar-refractivity contribution in [2.75, 3.05) is 21.3 Å². The number of aryl methyl sites for hydroxylation is 1. The van der Waals surface area contributed by atoms with E-state index in [1.54, 1.807) is 21.3 Å². The molecule has 0 aliphatic carbocycles. The van der Waals surface area contributed by atoms with Crippen LogP contribution in [0.2, 0.25) is 0 Å². The van der Waals surface area contributed by atoms with Crippen molar-refractivity contribution in [2.24, 2.45) is 0 Å². The summed E-state index contributed by atoms with van der Waals surface area (Å²) in [5.41, 5.74) is 3.72. The molecule has 0 aromatic heterocycles. The van der Waals surface area contributed by atoms with Gasteiger partial charge in [-0.1, -0.05) is 31.2 Å². The van der Waals surface area contributed by atoms with Crippen LogP contribution in [-0.2, 0) is 13.0 Å². The Kier molecular flexibility index (Phi) is 6.50. The monoisotopic (exact) mass is 329 g/mol.